The van der Waals surface area contributed by atoms with Crippen LogP contribution in [0.25, 0.3) is 11.4 Å². The van der Waals surface area contributed by atoms with Gasteiger partial charge >= 0.3 is 11.8 Å². The Morgan fingerprint density at radius 2 is 1.63 bits per heavy atom. The van der Waals surface area contributed by atoms with Gasteiger partial charge in [-0.1, -0.05) is 40.5 Å². The van der Waals surface area contributed by atoms with Crippen molar-refractivity contribution in [1.82, 2.24) is 20.8 Å². The Kier molecular flexibility index (Phi) is 6.05. The normalized spacial score (nSPS) is 10.4. The second kappa shape index (κ2) is 8.66. The molecule has 1 aromatic heterocycles. The standard InChI is InChI=1S/C18H14Cl2N4O3/c19-13-6-4-11(5-7-13)16(25)21-8-9-22-17(26)18-23-15(24-27-18)12-2-1-3-14(20)10-12/h1-7,10H,8-9H2,(H,21,25)(H,22,26). The number of halogens is 2. The first-order valence-corrected chi connectivity index (χ1v) is 8.70. The predicted octanol–water partition coefficient (Wildman–Crippen LogP) is 3.20. The van der Waals surface area contributed by atoms with Gasteiger partial charge in [0.1, 0.15) is 0 Å². The first-order chi connectivity index (χ1) is 13.0. The van der Waals surface area contributed by atoms with Crippen molar-refractivity contribution >= 4 is 35.0 Å². The van der Waals surface area contributed by atoms with Crippen LogP contribution in [-0.2, 0) is 0 Å². The monoisotopic (exact) mass is 404 g/mol. The number of aromatic nitrogens is 2. The third-order valence-corrected chi connectivity index (χ3v) is 3.99. The van der Waals surface area contributed by atoms with Crippen LogP contribution in [0.2, 0.25) is 10.0 Å². The maximum absolute atomic E-state index is 12.0. The molecule has 2 N–H and O–H groups in total. The minimum Gasteiger partial charge on any atom is -0.350 e. The lowest BCUT2D eigenvalue weighted by atomic mass is 10.2. The number of carbonyl (C=O) groups excluding carboxylic acids is 2. The fourth-order valence-electron chi connectivity index (χ4n) is 2.19. The molecule has 2 amide bonds. The summed E-state index contributed by atoms with van der Waals surface area (Å²) in [6.45, 7) is 0.440. The average Bonchev–Trinajstić information content (AvgIpc) is 3.16. The topological polar surface area (TPSA) is 97.1 Å². The number of nitrogens with one attached hydrogen (secondary N) is 2. The van der Waals surface area contributed by atoms with Gasteiger partial charge in [0.2, 0.25) is 5.82 Å². The highest BCUT2D eigenvalue weighted by Crippen LogP contribution is 2.19. The number of hydrogen-bond acceptors (Lipinski definition) is 5. The van der Waals surface area contributed by atoms with E-state index in [1.165, 1.54) is 0 Å². The molecule has 0 fully saturated rings. The molecule has 2 aromatic carbocycles. The van der Waals surface area contributed by atoms with E-state index in [0.717, 1.165) is 0 Å². The van der Waals surface area contributed by atoms with Crippen LogP contribution < -0.4 is 10.6 Å². The lowest BCUT2D eigenvalue weighted by molar-refractivity contribution is 0.0898. The number of hydrogen-bond donors (Lipinski definition) is 2. The highest BCUT2D eigenvalue weighted by Gasteiger charge is 2.16. The molecule has 3 rings (SSSR count). The fourth-order valence-corrected chi connectivity index (χ4v) is 2.51. The Morgan fingerprint density at radius 3 is 2.33 bits per heavy atom. The van der Waals surface area contributed by atoms with Gasteiger partial charge in [-0.25, -0.2) is 0 Å². The fraction of sp³-hybridized carbons (Fsp3) is 0.111. The maximum Gasteiger partial charge on any atom is 0.316 e. The van der Waals surface area contributed by atoms with Gasteiger partial charge in [-0.2, -0.15) is 4.98 Å². The Balaban J connectivity index is 1.48. The summed E-state index contributed by atoms with van der Waals surface area (Å²) in [5.41, 5.74) is 1.12. The molecule has 3 aromatic rings. The highest BCUT2D eigenvalue weighted by molar-refractivity contribution is 6.31. The van der Waals surface area contributed by atoms with Crippen molar-refractivity contribution in [3.63, 3.8) is 0 Å². The first kappa shape index (κ1) is 18.9. The molecule has 0 spiro atoms. The van der Waals surface area contributed by atoms with Crippen LogP contribution in [0.4, 0.5) is 0 Å². The molecule has 7 nitrogen and oxygen atoms in total. The van der Waals surface area contributed by atoms with Gasteiger partial charge in [0.05, 0.1) is 0 Å². The predicted molar refractivity (Wildman–Crippen MR) is 101 cm³/mol. The Hall–Kier alpha value is -2.90. The van der Waals surface area contributed by atoms with E-state index in [4.69, 9.17) is 27.7 Å². The number of nitrogens with zero attached hydrogens (tertiary/aromatic N) is 2. The van der Waals surface area contributed by atoms with Gasteiger partial charge in [0.15, 0.2) is 0 Å². The summed E-state index contributed by atoms with van der Waals surface area (Å²) in [6, 6.07) is 13.4. The highest BCUT2D eigenvalue weighted by atomic mass is 35.5. The molecule has 138 valence electrons. The molecule has 0 saturated heterocycles. The Bertz CT molecular complexity index is 957. The second-order valence-corrected chi connectivity index (χ2v) is 6.33. The molecule has 0 bridgehead atoms. The van der Waals surface area contributed by atoms with Crippen LogP contribution in [0.15, 0.2) is 53.1 Å². The number of rotatable bonds is 6. The van der Waals surface area contributed by atoms with E-state index < -0.39 is 5.91 Å². The van der Waals surface area contributed by atoms with E-state index in [2.05, 4.69) is 20.8 Å². The Labute approximate surface area is 164 Å². The molecule has 0 radical (unpaired) electrons. The Morgan fingerprint density at radius 1 is 0.926 bits per heavy atom. The van der Waals surface area contributed by atoms with Crippen LogP contribution >= 0.6 is 23.2 Å². The van der Waals surface area contributed by atoms with Crippen molar-refractivity contribution in [3.8, 4) is 11.4 Å². The van der Waals surface area contributed by atoms with Crippen molar-refractivity contribution < 1.29 is 14.1 Å². The van der Waals surface area contributed by atoms with E-state index in [1.807, 2.05) is 0 Å². The second-order valence-electron chi connectivity index (χ2n) is 5.45. The minimum absolute atomic E-state index is 0.172. The first-order valence-electron chi connectivity index (χ1n) is 7.94. The van der Waals surface area contributed by atoms with E-state index in [1.54, 1.807) is 48.5 Å². The van der Waals surface area contributed by atoms with E-state index in [0.29, 0.717) is 21.2 Å². The molecule has 0 aliphatic heterocycles. The quantitative estimate of drug-likeness (QED) is 0.614. The number of benzene rings is 2. The van der Waals surface area contributed by atoms with Crippen LogP contribution in [0.1, 0.15) is 21.0 Å². The molecule has 9 heteroatoms. The van der Waals surface area contributed by atoms with Crippen molar-refractivity contribution in [1.29, 1.82) is 0 Å². The smallest absolute Gasteiger partial charge is 0.316 e. The molecule has 0 aliphatic rings. The summed E-state index contributed by atoms with van der Waals surface area (Å²) >= 11 is 11.7. The zero-order chi connectivity index (χ0) is 19.2. The maximum atomic E-state index is 12.0. The van der Waals surface area contributed by atoms with Crippen LogP contribution in [0.5, 0.6) is 0 Å². The third kappa shape index (κ3) is 5.06. The van der Waals surface area contributed by atoms with Gasteiger partial charge in [-0.05, 0) is 36.4 Å². The largest absolute Gasteiger partial charge is 0.350 e. The molecule has 1 heterocycles. The molecule has 0 aliphatic carbocycles. The van der Waals surface area contributed by atoms with E-state index in [9.17, 15) is 9.59 Å². The summed E-state index contributed by atoms with van der Waals surface area (Å²) in [7, 11) is 0. The van der Waals surface area contributed by atoms with Gasteiger partial charge in [0.25, 0.3) is 5.91 Å². The summed E-state index contributed by atoms with van der Waals surface area (Å²) in [6.07, 6.45) is 0. The van der Waals surface area contributed by atoms with Crippen molar-refractivity contribution in [2.45, 2.75) is 0 Å². The lowest BCUT2D eigenvalue weighted by Gasteiger charge is -2.05. The van der Waals surface area contributed by atoms with Crippen molar-refractivity contribution in [2.75, 3.05) is 13.1 Å². The number of carbonyl (C=O) groups is 2. The zero-order valence-electron chi connectivity index (χ0n) is 13.9. The SMILES string of the molecule is O=C(NCCNC(=O)c1nc(-c2cccc(Cl)c2)no1)c1ccc(Cl)cc1. The lowest BCUT2D eigenvalue weighted by Crippen LogP contribution is -2.34. The third-order valence-electron chi connectivity index (χ3n) is 3.51. The van der Waals surface area contributed by atoms with Crippen LogP contribution in [0, 0.1) is 0 Å². The molecule has 0 saturated carbocycles. The van der Waals surface area contributed by atoms with Gasteiger partial charge < -0.3 is 15.2 Å². The average molecular weight is 405 g/mol. The molecule has 27 heavy (non-hydrogen) atoms. The summed E-state index contributed by atoms with van der Waals surface area (Å²) < 4.78 is 4.96. The molecule has 0 unspecified atom stereocenters. The van der Waals surface area contributed by atoms with E-state index in [-0.39, 0.29) is 30.7 Å². The van der Waals surface area contributed by atoms with Crippen LogP contribution in [0.3, 0.4) is 0 Å². The summed E-state index contributed by atoms with van der Waals surface area (Å²) in [4.78, 5) is 28.0. The van der Waals surface area contributed by atoms with Gasteiger partial charge in [-0.15, -0.1) is 0 Å². The van der Waals surface area contributed by atoms with Crippen LogP contribution in [-0.4, -0.2) is 35.0 Å². The summed E-state index contributed by atoms with van der Waals surface area (Å²) in [5.74, 6) is -0.703. The van der Waals surface area contributed by atoms with E-state index >= 15 is 0 Å². The zero-order valence-corrected chi connectivity index (χ0v) is 15.4. The molecular weight excluding hydrogens is 391 g/mol. The molecule has 0 atom stereocenters. The minimum atomic E-state index is -0.531. The number of amides is 2. The summed E-state index contributed by atoms with van der Waals surface area (Å²) in [5, 5.41) is 10.1. The van der Waals surface area contributed by atoms with Gasteiger partial charge in [-0.3, -0.25) is 9.59 Å². The van der Waals surface area contributed by atoms with Crippen molar-refractivity contribution in [3.05, 3.63) is 70.0 Å². The van der Waals surface area contributed by atoms with Crippen molar-refractivity contribution in [2.24, 2.45) is 0 Å². The van der Waals surface area contributed by atoms with Gasteiger partial charge in [0, 0.05) is 34.3 Å². The molecular formula is C18H14Cl2N4O3.